The Balaban J connectivity index is 2.29. The molecular formula is C16H10ClF2IO. The van der Waals surface area contributed by atoms with E-state index in [1.54, 1.807) is 65.1 Å². The second-order valence-electron chi connectivity index (χ2n) is 4.32. The normalized spacial score (nSPS) is 12.3. The van der Waals surface area contributed by atoms with Crippen LogP contribution in [0, 0.1) is 0 Å². The van der Waals surface area contributed by atoms with Crippen LogP contribution in [0.15, 0.2) is 60.7 Å². The van der Waals surface area contributed by atoms with Crippen LogP contribution in [0.25, 0.3) is 3.58 Å². The fraction of sp³-hybridized carbons (Fsp3) is 0.0625. The Kier molecular flexibility index (Phi) is 5.11. The third-order valence-electron chi connectivity index (χ3n) is 2.77. The summed E-state index contributed by atoms with van der Waals surface area (Å²) in [7, 11) is 0. The highest BCUT2D eigenvalue weighted by Gasteiger charge is 2.37. The van der Waals surface area contributed by atoms with Crippen molar-refractivity contribution in [2.45, 2.75) is 5.92 Å². The molecule has 0 aromatic heterocycles. The van der Waals surface area contributed by atoms with Crippen LogP contribution in [0.4, 0.5) is 8.78 Å². The van der Waals surface area contributed by atoms with Gasteiger partial charge in [0.15, 0.2) is 0 Å². The van der Waals surface area contributed by atoms with Gasteiger partial charge in [0.25, 0.3) is 0 Å². The molecule has 0 saturated heterocycles. The number of ketones is 1. The monoisotopic (exact) mass is 418 g/mol. The second-order valence-corrected chi connectivity index (χ2v) is 5.92. The summed E-state index contributed by atoms with van der Waals surface area (Å²) >= 11 is 7.54. The standard InChI is InChI=1S/C16H10ClF2IO/c17-13-8-6-11(7-9-13)14(20)10-16(18,19)15(21)12-4-2-1-3-5-12/h1-10H/b14-10+. The molecule has 0 amide bonds. The number of hydrogen-bond acceptors (Lipinski definition) is 1. The fourth-order valence-corrected chi connectivity index (χ4v) is 2.58. The van der Waals surface area contributed by atoms with Crippen LogP contribution < -0.4 is 0 Å². The van der Waals surface area contributed by atoms with Crippen molar-refractivity contribution in [1.29, 1.82) is 0 Å². The molecule has 5 heteroatoms. The molecule has 0 spiro atoms. The average Bonchev–Trinajstić information content (AvgIpc) is 2.47. The maximum Gasteiger partial charge on any atom is 0.329 e. The molecule has 2 aromatic rings. The summed E-state index contributed by atoms with van der Waals surface area (Å²) in [4.78, 5) is 11.9. The van der Waals surface area contributed by atoms with Crippen molar-refractivity contribution in [2.24, 2.45) is 0 Å². The van der Waals surface area contributed by atoms with E-state index in [0.29, 0.717) is 20.2 Å². The molecule has 0 unspecified atom stereocenters. The van der Waals surface area contributed by atoms with E-state index in [-0.39, 0.29) is 5.56 Å². The molecule has 0 atom stereocenters. The molecule has 0 aliphatic heterocycles. The van der Waals surface area contributed by atoms with Gasteiger partial charge in [-0.15, -0.1) is 0 Å². The van der Waals surface area contributed by atoms with Gasteiger partial charge < -0.3 is 0 Å². The SMILES string of the molecule is O=C(c1ccccc1)C(F)(F)/C=C(/I)c1ccc(Cl)cc1. The number of allylic oxidation sites excluding steroid dienone is 1. The number of carbonyl (C=O) groups is 1. The van der Waals surface area contributed by atoms with Crippen LogP contribution in [-0.2, 0) is 0 Å². The first kappa shape index (κ1) is 16.1. The van der Waals surface area contributed by atoms with Gasteiger partial charge in [0, 0.05) is 20.2 Å². The van der Waals surface area contributed by atoms with Gasteiger partial charge in [-0.05, 0) is 40.3 Å². The van der Waals surface area contributed by atoms with Crippen LogP contribution in [0.3, 0.4) is 0 Å². The highest BCUT2D eigenvalue weighted by molar-refractivity contribution is 14.1. The zero-order valence-corrected chi connectivity index (χ0v) is 13.6. The summed E-state index contributed by atoms with van der Waals surface area (Å²) in [5.74, 6) is -4.77. The van der Waals surface area contributed by atoms with E-state index in [4.69, 9.17) is 11.6 Å². The van der Waals surface area contributed by atoms with Crippen molar-refractivity contribution < 1.29 is 13.6 Å². The Labute approximate surface area is 139 Å². The van der Waals surface area contributed by atoms with Crippen molar-refractivity contribution in [3.8, 4) is 0 Å². The summed E-state index contributed by atoms with van der Waals surface area (Å²) in [6, 6.07) is 14.0. The Hall–Kier alpha value is -1.27. The summed E-state index contributed by atoms with van der Waals surface area (Å²) in [5, 5.41) is 0.523. The molecule has 0 bridgehead atoms. The molecule has 21 heavy (non-hydrogen) atoms. The number of Topliss-reactive ketones (excluding diaryl/α,β-unsaturated/α-hetero) is 1. The van der Waals surface area contributed by atoms with E-state index in [1.807, 2.05) is 0 Å². The Bertz CT molecular complexity index is 666. The third kappa shape index (κ3) is 4.11. The highest BCUT2D eigenvalue weighted by Crippen LogP contribution is 2.30. The third-order valence-corrected chi connectivity index (χ3v) is 3.95. The number of carbonyl (C=O) groups excluding carboxylic acids is 1. The maximum absolute atomic E-state index is 14.1. The van der Waals surface area contributed by atoms with Crippen molar-refractivity contribution in [2.75, 3.05) is 0 Å². The van der Waals surface area contributed by atoms with Gasteiger partial charge in [0.1, 0.15) is 0 Å². The van der Waals surface area contributed by atoms with Crippen LogP contribution >= 0.6 is 34.2 Å². The number of rotatable bonds is 4. The minimum Gasteiger partial charge on any atom is -0.287 e. The predicted molar refractivity (Wildman–Crippen MR) is 89.2 cm³/mol. The number of halogens is 4. The Morgan fingerprint density at radius 3 is 2.14 bits per heavy atom. The molecule has 0 aliphatic rings. The zero-order chi connectivity index (χ0) is 15.5. The Morgan fingerprint density at radius 1 is 1.00 bits per heavy atom. The average molecular weight is 419 g/mol. The number of hydrogen-bond donors (Lipinski definition) is 0. The van der Waals surface area contributed by atoms with E-state index in [0.717, 1.165) is 0 Å². The first-order chi connectivity index (χ1) is 9.90. The van der Waals surface area contributed by atoms with Crippen LogP contribution in [0.5, 0.6) is 0 Å². The minimum absolute atomic E-state index is 0.0148. The molecule has 2 rings (SSSR count). The minimum atomic E-state index is -3.56. The fourth-order valence-electron chi connectivity index (χ4n) is 1.70. The lowest BCUT2D eigenvalue weighted by atomic mass is 10.0. The van der Waals surface area contributed by atoms with Crippen molar-refractivity contribution in [3.63, 3.8) is 0 Å². The lowest BCUT2D eigenvalue weighted by Crippen LogP contribution is -2.26. The molecule has 0 fully saturated rings. The van der Waals surface area contributed by atoms with Gasteiger partial charge in [-0.1, -0.05) is 54.1 Å². The maximum atomic E-state index is 14.1. The van der Waals surface area contributed by atoms with Crippen molar-refractivity contribution >= 4 is 43.6 Å². The smallest absolute Gasteiger partial charge is 0.287 e. The zero-order valence-electron chi connectivity index (χ0n) is 10.7. The van der Waals surface area contributed by atoms with E-state index in [2.05, 4.69) is 0 Å². The lowest BCUT2D eigenvalue weighted by Gasteiger charge is -2.12. The van der Waals surface area contributed by atoms with Crippen molar-refractivity contribution in [1.82, 2.24) is 0 Å². The van der Waals surface area contributed by atoms with Gasteiger partial charge >= 0.3 is 5.92 Å². The molecule has 0 aliphatic carbocycles. The van der Waals surface area contributed by atoms with Gasteiger partial charge in [-0.2, -0.15) is 8.78 Å². The predicted octanol–water partition coefficient (Wildman–Crippen LogP) is 5.63. The number of benzene rings is 2. The van der Waals surface area contributed by atoms with E-state index < -0.39 is 11.7 Å². The van der Waals surface area contributed by atoms with Gasteiger partial charge in [0.05, 0.1) is 0 Å². The van der Waals surface area contributed by atoms with Gasteiger partial charge in [-0.3, -0.25) is 4.79 Å². The molecule has 0 saturated carbocycles. The largest absolute Gasteiger partial charge is 0.329 e. The molecule has 108 valence electrons. The number of alkyl halides is 2. The molecular weight excluding hydrogens is 409 g/mol. The van der Waals surface area contributed by atoms with Crippen molar-refractivity contribution in [3.05, 3.63) is 76.8 Å². The summed E-state index contributed by atoms with van der Waals surface area (Å²) in [6.45, 7) is 0. The second kappa shape index (κ2) is 6.66. The first-order valence-electron chi connectivity index (χ1n) is 6.02. The molecule has 1 nitrogen and oxygen atoms in total. The van der Waals surface area contributed by atoms with Crippen LogP contribution in [0.2, 0.25) is 5.02 Å². The molecule has 0 heterocycles. The quantitative estimate of drug-likeness (QED) is 0.464. The van der Waals surface area contributed by atoms with E-state index >= 15 is 0 Å². The summed E-state index contributed by atoms with van der Waals surface area (Å²) in [5.41, 5.74) is 0.569. The molecule has 0 radical (unpaired) electrons. The van der Waals surface area contributed by atoms with Crippen LogP contribution in [-0.4, -0.2) is 11.7 Å². The summed E-state index contributed by atoms with van der Waals surface area (Å²) in [6.07, 6.45) is 0.673. The molecule has 0 N–H and O–H groups in total. The lowest BCUT2D eigenvalue weighted by molar-refractivity contribution is 0.0385. The van der Waals surface area contributed by atoms with Gasteiger partial charge in [0.2, 0.25) is 5.78 Å². The highest BCUT2D eigenvalue weighted by atomic mass is 127. The topological polar surface area (TPSA) is 17.1 Å². The van der Waals surface area contributed by atoms with Crippen LogP contribution in [0.1, 0.15) is 15.9 Å². The Morgan fingerprint density at radius 2 is 1.57 bits per heavy atom. The van der Waals surface area contributed by atoms with E-state index in [1.165, 1.54) is 12.1 Å². The summed E-state index contributed by atoms with van der Waals surface area (Å²) < 4.78 is 28.4. The van der Waals surface area contributed by atoms with Gasteiger partial charge in [-0.25, -0.2) is 0 Å². The van der Waals surface area contributed by atoms with E-state index in [9.17, 15) is 13.6 Å². The first-order valence-corrected chi connectivity index (χ1v) is 7.48. The molecule has 2 aromatic carbocycles.